The molecule has 3 rings (SSSR count). The van der Waals surface area contributed by atoms with Crippen LogP contribution >= 0.6 is 0 Å². The summed E-state index contributed by atoms with van der Waals surface area (Å²) in [6.45, 7) is 0.191. The molecule has 0 aliphatic rings. The van der Waals surface area contributed by atoms with E-state index in [0.717, 1.165) is 10.9 Å². The molecule has 3 aromatic rings. The minimum atomic E-state index is -0.440. The molecule has 5 heteroatoms. The number of aryl methyl sites for hydroxylation is 1. The van der Waals surface area contributed by atoms with Crippen LogP contribution in [0.2, 0.25) is 0 Å². The maximum atomic E-state index is 12.1. The molecule has 0 aliphatic heterocycles. The van der Waals surface area contributed by atoms with E-state index in [2.05, 4.69) is 4.89 Å². The highest BCUT2D eigenvalue weighted by Crippen LogP contribution is 2.28. The normalized spacial score (nSPS) is 11.0. The molecule has 23 heavy (non-hydrogen) atoms. The number of fused-ring (bicyclic) bond motifs is 1. The summed E-state index contributed by atoms with van der Waals surface area (Å²) in [7, 11) is 0. The zero-order valence-corrected chi connectivity index (χ0v) is 12.4. The third kappa shape index (κ3) is 3.26. The van der Waals surface area contributed by atoms with Crippen LogP contribution < -0.4 is 5.63 Å². The van der Waals surface area contributed by atoms with Crippen molar-refractivity contribution in [3.8, 4) is 16.9 Å². The molecule has 0 spiro atoms. The van der Waals surface area contributed by atoms with Gasteiger partial charge in [-0.2, -0.15) is 0 Å². The van der Waals surface area contributed by atoms with Crippen LogP contribution in [0, 0.1) is 0 Å². The third-order valence-corrected chi connectivity index (χ3v) is 3.70. The Morgan fingerprint density at radius 3 is 2.61 bits per heavy atom. The minimum Gasteiger partial charge on any atom is -0.508 e. The lowest BCUT2D eigenvalue weighted by molar-refractivity contribution is -0.242. The topological polar surface area (TPSA) is 79.9 Å². The van der Waals surface area contributed by atoms with Crippen molar-refractivity contribution in [3.05, 3.63) is 64.5 Å². The van der Waals surface area contributed by atoms with Gasteiger partial charge in [-0.05, 0) is 36.1 Å². The summed E-state index contributed by atoms with van der Waals surface area (Å²) in [6, 6.07) is 14.3. The van der Waals surface area contributed by atoms with Crippen molar-refractivity contribution in [1.82, 2.24) is 0 Å². The molecule has 0 saturated heterocycles. The van der Waals surface area contributed by atoms with Crippen LogP contribution in [0.3, 0.4) is 0 Å². The first-order valence-electron chi connectivity index (χ1n) is 7.30. The largest absolute Gasteiger partial charge is 0.508 e. The predicted octanol–water partition coefficient (Wildman–Crippen LogP) is 3.59. The molecule has 2 N–H and O–H groups in total. The van der Waals surface area contributed by atoms with Gasteiger partial charge in [0.25, 0.3) is 0 Å². The molecular weight excluding hydrogens is 296 g/mol. The van der Waals surface area contributed by atoms with E-state index >= 15 is 0 Å². The number of hydrogen-bond donors (Lipinski definition) is 2. The first kappa shape index (κ1) is 15.3. The second kappa shape index (κ2) is 6.64. The van der Waals surface area contributed by atoms with Crippen LogP contribution in [-0.4, -0.2) is 17.0 Å². The minimum absolute atomic E-state index is 0.0612. The van der Waals surface area contributed by atoms with Crippen molar-refractivity contribution in [3.63, 3.8) is 0 Å². The molecule has 0 amide bonds. The van der Waals surface area contributed by atoms with Crippen LogP contribution in [0.25, 0.3) is 22.1 Å². The molecule has 2 aromatic carbocycles. The van der Waals surface area contributed by atoms with Gasteiger partial charge in [0.1, 0.15) is 11.3 Å². The zero-order valence-electron chi connectivity index (χ0n) is 12.4. The average molecular weight is 312 g/mol. The molecule has 0 atom stereocenters. The maximum absolute atomic E-state index is 12.1. The average Bonchev–Trinajstić information content (AvgIpc) is 2.56. The zero-order chi connectivity index (χ0) is 16.2. The summed E-state index contributed by atoms with van der Waals surface area (Å²) >= 11 is 0. The van der Waals surface area contributed by atoms with E-state index in [-0.39, 0.29) is 12.4 Å². The summed E-state index contributed by atoms with van der Waals surface area (Å²) in [5.41, 5.74) is 1.88. The standard InChI is InChI=1S/C18H16O5/c19-16-11-17-14(9-13(16)7-4-8-22-21)10-15(18(20)23-17)12-5-2-1-3-6-12/h1-3,5-6,9-11,19,21H,4,7-8H2. The maximum Gasteiger partial charge on any atom is 0.344 e. The lowest BCUT2D eigenvalue weighted by Gasteiger charge is -2.07. The highest BCUT2D eigenvalue weighted by Gasteiger charge is 2.11. The van der Waals surface area contributed by atoms with E-state index in [0.29, 0.717) is 29.6 Å². The molecule has 0 unspecified atom stereocenters. The van der Waals surface area contributed by atoms with Crippen molar-refractivity contribution in [2.24, 2.45) is 0 Å². The fourth-order valence-electron chi connectivity index (χ4n) is 2.55. The van der Waals surface area contributed by atoms with E-state index in [4.69, 9.17) is 9.67 Å². The SMILES string of the molecule is O=c1oc2cc(O)c(CCCOO)cc2cc1-c1ccccc1. The highest BCUT2D eigenvalue weighted by molar-refractivity contribution is 5.83. The summed E-state index contributed by atoms with van der Waals surface area (Å²) in [4.78, 5) is 16.2. The van der Waals surface area contributed by atoms with Crippen molar-refractivity contribution in [1.29, 1.82) is 0 Å². The van der Waals surface area contributed by atoms with Gasteiger partial charge in [-0.3, -0.25) is 5.26 Å². The molecule has 5 nitrogen and oxygen atoms in total. The van der Waals surface area contributed by atoms with Crippen LogP contribution in [0.4, 0.5) is 0 Å². The number of rotatable bonds is 5. The first-order chi connectivity index (χ1) is 11.2. The van der Waals surface area contributed by atoms with Gasteiger partial charge in [-0.25, -0.2) is 9.68 Å². The van der Waals surface area contributed by atoms with Crippen molar-refractivity contribution in [2.45, 2.75) is 12.8 Å². The van der Waals surface area contributed by atoms with Gasteiger partial charge >= 0.3 is 5.63 Å². The molecule has 118 valence electrons. The summed E-state index contributed by atoms with van der Waals surface area (Å²) < 4.78 is 5.33. The third-order valence-electron chi connectivity index (χ3n) is 3.70. The summed E-state index contributed by atoms with van der Waals surface area (Å²) in [5, 5.41) is 19.1. The van der Waals surface area contributed by atoms with Crippen LogP contribution in [0.5, 0.6) is 5.75 Å². The molecule has 0 saturated carbocycles. The van der Waals surface area contributed by atoms with E-state index in [1.54, 1.807) is 12.1 Å². The Morgan fingerprint density at radius 2 is 1.87 bits per heavy atom. The van der Waals surface area contributed by atoms with Gasteiger partial charge in [0.2, 0.25) is 0 Å². The number of aromatic hydroxyl groups is 1. The molecule has 1 aromatic heterocycles. The number of phenols is 1. The Bertz CT molecular complexity index is 868. The van der Waals surface area contributed by atoms with E-state index < -0.39 is 5.63 Å². The lowest BCUT2D eigenvalue weighted by atomic mass is 10.0. The predicted molar refractivity (Wildman–Crippen MR) is 86.5 cm³/mol. The van der Waals surface area contributed by atoms with Gasteiger partial charge in [-0.1, -0.05) is 30.3 Å². The lowest BCUT2D eigenvalue weighted by Crippen LogP contribution is -2.03. The second-order valence-corrected chi connectivity index (χ2v) is 5.27. The van der Waals surface area contributed by atoms with E-state index in [1.807, 2.05) is 30.3 Å². The van der Waals surface area contributed by atoms with Gasteiger partial charge in [0.05, 0.1) is 12.2 Å². The Balaban J connectivity index is 2.06. The van der Waals surface area contributed by atoms with Gasteiger partial charge in [-0.15, -0.1) is 0 Å². The van der Waals surface area contributed by atoms with Crippen LogP contribution in [0.15, 0.2) is 57.7 Å². The van der Waals surface area contributed by atoms with Gasteiger partial charge in [0, 0.05) is 11.5 Å². The van der Waals surface area contributed by atoms with Gasteiger partial charge < -0.3 is 9.52 Å². The van der Waals surface area contributed by atoms with Crippen molar-refractivity contribution < 1.29 is 19.7 Å². The van der Waals surface area contributed by atoms with E-state index in [9.17, 15) is 9.90 Å². The van der Waals surface area contributed by atoms with Crippen molar-refractivity contribution >= 4 is 11.0 Å². The molecule has 0 aliphatic carbocycles. The summed E-state index contributed by atoms with van der Waals surface area (Å²) in [5.74, 6) is 0.0612. The highest BCUT2D eigenvalue weighted by atomic mass is 17.1. The monoisotopic (exact) mass is 312 g/mol. The fraction of sp³-hybridized carbons (Fsp3) is 0.167. The number of hydrogen-bond acceptors (Lipinski definition) is 5. The Morgan fingerprint density at radius 1 is 1.09 bits per heavy atom. The van der Waals surface area contributed by atoms with E-state index in [1.165, 1.54) is 6.07 Å². The fourth-order valence-corrected chi connectivity index (χ4v) is 2.55. The Kier molecular flexibility index (Phi) is 4.41. The Hall–Kier alpha value is -2.63. The van der Waals surface area contributed by atoms with Crippen molar-refractivity contribution in [2.75, 3.05) is 6.61 Å². The number of benzene rings is 2. The van der Waals surface area contributed by atoms with Gasteiger partial charge in [0.15, 0.2) is 0 Å². The Labute approximate surface area is 132 Å². The quantitative estimate of drug-likeness (QED) is 0.326. The van der Waals surface area contributed by atoms with Crippen LogP contribution in [-0.2, 0) is 11.3 Å². The smallest absolute Gasteiger partial charge is 0.344 e. The summed E-state index contributed by atoms with van der Waals surface area (Å²) in [6.07, 6.45) is 1.11. The molecular formula is C18H16O5. The number of phenolic OH excluding ortho intramolecular Hbond substituents is 1. The molecule has 0 fully saturated rings. The molecule has 0 radical (unpaired) electrons. The molecule has 0 bridgehead atoms. The second-order valence-electron chi connectivity index (χ2n) is 5.27. The van der Waals surface area contributed by atoms with Crippen LogP contribution in [0.1, 0.15) is 12.0 Å². The first-order valence-corrected chi connectivity index (χ1v) is 7.30. The molecule has 1 heterocycles.